The minimum Gasteiger partial charge on any atom is -0.493 e. The Morgan fingerprint density at radius 2 is 1.85 bits per heavy atom. The molecule has 1 amide bonds. The number of rotatable bonds is 7. The average molecular weight is 399 g/mol. The molecule has 0 saturated heterocycles. The van der Waals surface area contributed by atoms with E-state index in [4.69, 9.17) is 30.5 Å². The van der Waals surface area contributed by atoms with Crippen molar-refractivity contribution in [3.63, 3.8) is 0 Å². The zero-order valence-electron chi connectivity index (χ0n) is 15.9. The van der Waals surface area contributed by atoms with Crippen molar-refractivity contribution in [1.29, 1.82) is 0 Å². The van der Waals surface area contributed by atoms with E-state index in [-0.39, 0.29) is 18.8 Å². The number of H-pyrrole nitrogens is 1. The predicted molar refractivity (Wildman–Crippen MR) is 101 cm³/mol. The molecule has 1 aromatic carbocycles. The Kier molecular flexibility index (Phi) is 6.43. The summed E-state index contributed by atoms with van der Waals surface area (Å²) in [6, 6.07) is 3.30. The van der Waals surface area contributed by atoms with Gasteiger partial charge in [-0.25, -0.2) is 4.79 Å². The number of ether oxygens (including phenoxy) is 4. The van der Waals surface area contributed by atoms with Crippen LogP contribution in [0.25, 0.3) is 10.9 Å². The van der Waals surface area contributed by atoms with Crippen LogP contribution in [0.2, 0.25) is 0 Å². The number of fused-ring (bicyclic) bond motifs is 1. The lowest BCUT2D eigenvalue weighted by atomic mass is 10.2. The first kappa shape index (κ1) is 20.7. The van der Waals surface area contributed by atoms with Gasteiger partial charge in [0, 0.05) is 5.39 Å². The van der Waals surface area contributed by atoms with E-state index in [2.05, 4.69) is 10.3 Å². The molecule has 2 aromatic rings. The standard InChI is InChI=1S/C18H23ClN2O6/c1-18(2,3)27-17(23)20-6-7-26-14-12(24-4)9-10-8-11(16(19)22)21-13(10)15(14)25-5/h8-9,21H,6-7H2,1-5H3,(H,20,23). The summed E-state index contributed by atoms with van der Waals surface area (Å²) >= 11 is 5.54. The Morgan fingerprint density at radius 3 is 2.41 bits per heavy atom. The molecule has 2 rings (SSSR count). The van der Waals surface area contributed by atoms with Gasteiger partial charge in [0.1, 0.15) is 12.2 Å². The van der Waals surface area contributed by atoms with Gasteiger partial charge in [-0.05, 0) is 44.5 Å². The monoisotopic (exact) mass is 398 g/mol. The van der Waals surface area contributed by atoms with Crippen LogP contribution in [0.15, 0.2) is 12.1 Å². The Labute approximate surface area is 162 Å². The normalized spacial score (nSPS) is 11.2. The highest BCUT2D eigenvalue weighted by Gasteiger charge is 2.20. The quantitative estimate of drug-likeness (QED) is 0.547. The predicted octanol–water partition coefficient (Wildman–Crippen LogP) is 3.47. The topological polar surface area (TPSA) is 98.9 Å². The Morgan fingerprint density at radius 1 is 1.15 bits per heavy atom. The van der Waals surface area contributed by atoms with E-state index < -0.39 is 16.9 Å². The lowest BCUT2D eigenvalue weighted by molar-refractivity contribution is 0.0520. The number of alkyl carbamates (subject to hydrolysis) is 1. The van der Waals surface area contributed by atoms with Gasteiger partial charge < -0.3 is 29.2 Å². The van der Waals surface area contributed by atoms with E-state index in [1.54, 1.807) is 32.9 Å². The van der Waals surface area contributed by atoms with Gasteiger partial charge in [-0.1, -0.05) is 0 Å². The van der Waals surface area contributed by atoms with Crippen molar-refractivity contribution in [2.45, 2.75) is 26.4 Å². The summed E-state index contributed by atoms with van der Waals surface area (Å²) in [5.41, 5.74) is 0.210. The molecule has 0 saturated carbocycles. The van der Waals surface area contributed by atoms with E-state index in [1.807, 2.05) is 0 Å². The number of methoxy groups -OCH3 is 2. The van der Waals surface area contributed by atoms with Crippen LogP contribution in [-0.2, 0) is 4.74 Å². The summed E-state index contributed by atoms with van der Waals surface area (Å²) in [4.78, 5) is 26.0. The number of aromatic nitrogens is 1. The molecule has 9 heteroatoms. The highest BCUT2D eigenvalue weighted by molar-refractivity contribution is 6.67. The smallest absolute Gasteiger partial charge is 0.407 e. The van der Waals surface area contributed by atoms with E-state index in [9.17, 15) is 9.59 Å². The lowest BCUT2D eigenvalue weighted by Crippen LogP contribution is -2.34. The highest BCUT2D eigenvalue weighted by atomic mass is 35.5. The van der Waals surface area contributed by atoms with Crippen molar-refractivity contribution in [1.82, 2.24) is 10.3 Å². The molecule has 148 valence electrons. The Bertz CT molecular complexity index is 840. The molecule has 8 nitrogen and oxygen atoms in total. The fourth-order valence-corrected chi connectivity index (χ4v) is 2.52. The molecule has 0 fully saturated rings. The second-order valence-electron chi connectivity index (χ2n) is 6.64. The van der Waals surface area contributed by atoms with E-state index in [1.165, 1.54) is 14.2 Å². The van der Waals surface area contributed by atoms with Crippen LogP contribution < -0.4 is 19.5 Å². The Balaban J connectivity index is 2.16. The van der Waals surface area contributed by atoms with E-state index in [0.29, 0.717) is 28.2 Å². The third-order valence-electron chi connectivity index (χ3n) is 3.44. The maximum Gasteiger partial charge on any atom is 0.407 e. The first-order valence-corrected chi connectivity index (χ1v) is 8.61. The van der Waals surface area contributed by atoms with Crippen molar-refractivity contribution in [2.75, 3.05) is 27.4 Å². The third-order valence-corrected chi connectivity index (χ3v) is 3.65. The molecular formula is C18H23ClN2O6. The zero-order valence-corrected chi connectivity index (χ0v) is 16.7. The molecular weight excluding hydrogens is 376 g/mol. The van der Waals surface area contributed by atoms with Crippen molar-refractivity contribution in [3.8, 4) is 17.2 Å². The molecule has 0 aliphatic heterocycles. The lowest BCUT2D eigenvalue weighted by Gasteiger charge is -2.20. The number of carbonyl (C=O) groups is 2. The number of hydrogen-bond acceptors (Lipinski definition) is 6. The SMILES string of the molecule is COc1cc2cc(C(=O)Cl)[nH]c2c(OC)c1OCCNC(=O)OC(C)(C)C. The molecule has 0 aliphatic rings. The van der Waals surface area contributed by atoms with Crippen LogP contribution >= 0.6 is 11.6 Å². The van der Waals surface area contributed by atoms with Crippen LogP contribution in [0.4, 0.5) is 4.79 Å². The third kappa shape index (κ3) is 5.19. The average Bonchev–Trinajstić information content (AvgIpc) is 3.00. The number of benzene rings is 1. The molecule has 1 aromatic heterocycles. The van der Waals surface area contributed by atoms with Gasteiger partial charge in [-0.15, -0.1) is 0 Å². The first-order chi connectivity index (χ1) is 12.7. The first-order valence-electron chi connectivity index (χ1n) is 8.23. The van der Waals surface area contributed by atoms with Crippen LogP contribution in [0, 0.1) is 0 Å². The van der Waals surface area contributed by atoms with Crippen LogP contribution in [0.1, 0.15) is 31.3 Å². The number of aromatic amines is 1. The maximum absolute atomic E-state index is 11.7. The minimum atomic E-state index is -0.615. The molecule has 1 heterocycles. The van der Waals surface area contributed by atoms with Gasteiger partial charge in [0.05, 0.1) is 32.0 Å². The van der Waals surface area contributed by atoms with Crippen molar-refractivity contribution < 1.29 is 28.5 Å². The molecule has 27 heavy (non-hydrogen) atoms. The summed E-state index contributed by atoms with van der Waals surface area (Å²) in [5, 5.41) is 2.68. The summed E-state index contributed by atoms with van der Waals surface area (Å²) < 4.78 is 21.7. The second kappa shape index (κ2) is 8.39. The number of hydrogen-bond donors (Lipinski definition) is 2. The van der Waals surface area contributed by atoms with E-state index in [0.717, 1.165) is 0 Å². The summed E-state index contributed by atoms with van der Waals surface area (Å²) in [6.07, 6.45) is -0.532. The van der Waals surface area contributed by atoms with Crippen molar-refractivity contribution in [3.05, 3.63) is 17.8 Å². The number of amides is 1. The molecule has 0 spiro atoms. The summed E-state index contributed by atoms with van der Waals surface area (Å²) in [6.45, 7) is 5.72. The number of carbonyl (C=O) groups excluding carboxylic acids is 2. The van der Waals surface area contributed by atoms with Gasteiger partial charge >= 0.3 is 6.09 Å². The van der Waals surface area contributed by atoms with Crippen LogP contribution in [0.5, 0.6) is 17.2 Å². The van der Waals surface area contributed by atoms with Crippen LogP contribution in [0.3, 0.4) is 0 Å². The molecule has 0 aliphatic carbocycles. The molecule has 0 unspecified atom stereocenters. The molecule has 0 atom stereocenters. The molecule has 0 bridgehead atoms. The zero-order chi connectivity index (χ0) is 20.2. The van der Waals surface area contributed by atoms with Crippen LogP contribution in [-0.4, -0.2) is 49.3 Å². The highest BCUT2D eigenvalue weighted by Crippen LogP contribution is 2.43. The summed E-state index contributed by atoms with van der Waals surface area (Å²) in [7, 11) is 2.97. The number of halogens is 1. The Hall–Kier alpha value is -2.61. The van der Waals surface area contributed by atoms with Crippen molar-refractivity contribution in [2.24, 2.45) is 0 Å². The second-order valence-corrected chi connectivity index (χ2v) is 6.98. The maximum atomic E-state index is 11.7. The summed E-state index contributed by atoms with van der Waals surface area (Å²) in [5.74, 6) is 1.13. The van der Waals surface area contributed by atoms with E-state index >= 15 is 0 Å². The fourth-order valence-electron chi connectivity index (χ4n) is 2.41. The van der Waals surface area contributed by atoms with Gasteiger partial charge in [-0.3, -0.25) is 4.79 Å². The number of nitrogens with one attached hydrogen (secondary N) is 2. The largest absolute Gasteiger partial charge is 0.493 e. The van der Waals surface area contributed by atoms with Crippen molar-refractivity contribution >= 4 is 33.8 Å². The van der Waals surface area contributed by atoms with Gasteiger partial charge in [0.25, 0.3) is 5.24 Å². The molecule has 0 radical (unpaired) electrons. The minimum absolute atomic E-state index is 0.152. The fraction of sp³-hybridized carbons (Fsp3) is 0.444. The van der Waals surface area contributed by atoms with Gasteiger partial charge in [0.15, 0.2) is 11.5 Å². The van der Waals surface area contributed by atoms with Gasteiger partial charge in [-0.2, -0.15) is 0 Å². The van der Waals surface area contributed by atoms with Gasteiger partial charge in [0.2, 0.25) is 5.75 Å². The molecule has 2 N–H and O–H groups in total.